The van der Waals surface area contributed by atoms with Gasteiger partial charge in [0, 0.05) is 17.2 Å². The summed E-state index contributed by atoms with van der Waals surface area (Å²) in [6, 6.07) is 7.48. The van der Waals surface area contributed by atoms with Gasteiger partial charge < -0.3 is 5.32 Å². The van der Waals surface area contributed by atoms with Gasteiger partial charge in [0.1, 0.15) is 0 Å². The summed E-state index contributed by atoms with van der Waals surface area (Å²) in [5, 5.41) is 2.83. The maximum atomic E-state index is 13.0. The molecular formula is C20H25BrN2O3S. The van der Waals surface area contributed by atoms with E-state index in [1.165, 1.54) is 7.05 Å². The molecule has 0 bridgehead atoms. The molecule has 0 aliphatic heterocycles. The van der Waals surface area contributed by atoms with Gasteiger partial charge in [-0.25, -0.2) is 8.42 Å². The Morgan fingerprint density at radius 1 is 0.963 bits per heavy atom. The van der Waals surface area contributed by atoms with Crippen LogP contribution in [-0.4, -0.2) is 32.2 Å². The maximum Gasteiger partial charge on any atom is 0.243 e. The topological polar surface area (TPSA) is 66.5 Å². The molecule has 146 valence electrons. The highest BCUT2D eigenvalue weighted by Crippen LogP contribution is 2.26. The van der Waals surface area contributed by atoms with Gasteiger partial charge in [-0.15, -0.1) is 0 Å². The zero-order valence-corrected chi connectivity index (χ0v) is 18.9. The second kappa shape index (κ2) is 8.12. The molecule has 1 amide bonds. The Hall–Kier alpha value is -1.70. The van der Waals surface area contributed by atoms with Crippen LogP contribution in [0.15, 0.2) is 33.6 Å². The van der Waals surface area contributed by atoms with Gasteiger partial charge >= 0.3 is 0 Å². The maximum absolute atomic E-state index is 13.0. The van der Waals surface area contributed by atoms with E-state index in [1.54, 1.807) is 13.8 Å². The van der Waals surface area contributed by atoms with Crippen molar-refractivity contribution in [2.75, 3.05) is 18.9 Å². The molecule has 0 fully saturated rings. The summed E-state index contributed by atoms with van der Waals surface area (Å²) in [7, 11) is -2.34. The number of carbonyl (C=O) groups is 1. The Bertz CT molecular complexity index is 954. The summed E-state index contributed by atoms with van der Waals surface area (Å²) in [6.07, 6.45) is 0. The van der Waals surface area contributed by atoms with Crippen LogP contribution in [0.4, 0.5) is 5.69 Å². The first-order chi connectivity index (χ1) is 12.4. The zero-order valence-electron chi connectivity index (χ0n) is 16.5. The minimum atomic E-state index is -3.77. The molecule has 0 aromatic heterocycles. The van der Waals surface area contributed by atoms with E-state index in [0.717, 1.165) is 25.5 Å². The molecule has 0 aliphatic rings. The number of benzene rings is 2. The number of rotatable bonds is 5. The van der Waals surface area contributed by atoms with Crippen molar-refractivity contribution in [2.45, 2.75) is 39.5 Å². The van der Waals surface area contributed by atoms with E-state index >= 15 is 0 Å². The Morgan fingerprint density at radius 3 is 1.93 bits per heavy atom. The van der Waals surface area contributed by atoms with Gasteiger partial charge in [-0.3, -0.25) is 4.79 Å². The number of nitrogens with zero attached hydrogens (tertiary/aromatic N) is 1. The van der Waals surface area contributed by atoms with Gasteiger partial charge in [-0.05, 0) is 69.0 Å². The van der Waals surface area contributed by atoms with Gasteiger partial charge in [-0.2, -0.15) is 4.31 Å². The van der Waals surface area contributed by atoms with Crippen molar-refractivity contribution in [3.05, 3.63) is 56.6 Å². The number of aryl methyl sites for hydroxylation is 5. The Labute approximate surface area is 170 Å². The minimum absolute atomic E-state index is 0.260. The molecule has 0 saturated carbocycles. The number of nitrogens with one attached hydrogen (secondary N) is 1. The summed E-state index contributed by atoms with van der Waals surface area (Å²) in [5.74, 6) is -0.378. The number of likely N-dealkylation sites (N-methyl/N-ethyl adjacent to an activating group) is 1. The Balaban J connectivity index is 2.24. The number of sulfonamides is 1. The SMILES string of the molecule is Cc1cc(C)c(S(=O)(=O)N(C)CC(=O)Nc2c(C)cc(Br)cc2C)c(C)c1. The average Bonchev–Trinajstić information content (AvgIpc) is 2.49. The molecule has 0 saturated heterocycles. The third kappa shape index (κ3) is 4.78. The number of hydrogen-bond acceptors (Lipinski definition) is 3. The van der Waals surface area contributed by atoms with Crippen molar-refractivity contribution < 1.29 is 13.2 Å². The fourth-order valence-corrected chi connectivity index (χ4v) is 5.52. The molecule has 0 radical (unpaired) electrons. The highest BCUT2D eigenvalue weighted by Gasteiger charge is 2.26. The molecule has 0 aliphatic carbocycles. The van der Waals surface area contributed by atoms with Crippen molar-refractivity contribution in [1.29, 1.82) is 0 Å². The molecular weight excluding hydrogens is 428 g/mol. The fourth-order valence-electron chi connectivity index (χ4n) is 3.30. The Morgan fingerprint density at radius 2 is 1.44 bits per heavy atom. The van der Waals surface area contributed by atoms with E-state index in [1.807, 2.05) is 45.0 Å². The lowest BCUT2D eigenvalue weighted by atomic mass is 10.1. The number of halogens is 1. The van der Waals surface area contributed by atoms with Crippen LogP contribution in [0.1, 0.15) is 27.8 Å². The summed E-state index contributed by atoms with van der Waals surface area (Å²) >= 11 is 3.42. The largest absolute Gasteiger partial charge is 0.324 e. The normalized spacial score (nSPS) is 11.7. The predicted molar refractivity (Wildman–Crippen MR) is 113 cm³/mol. The lowest BCUT2D eigenvalue weighted by Gasteiger charge is -2.21. The second-order valence-corrected chi connectivity index (χ2v) is 9.85. The molecule has 0 heterocycles. The second-order valence-electron chi connectivity index (χ2n) is 6.95. The van der Waals surface area contributed by atoms with E-state index in [9.17, 15) is 13.2 Å². The van der Waals surface area contributed by atoms with Crippen molar-refractivity contribution in [1.82, 2.24) is 4.31 Å². The van der Waals surface area contributed by atoms with Crippen LogP contribution in [0, 0.1) is 34.6 Å². The van der Waals surface area contributed by atoms with Gasteiger partial charge in [0.2, 0.25) is 15.9 Å². The standard InChI is InChI=1S/C20H25BrN2O3S/c1-12-7-15(4)20(16(5)8-12)27(25,26)23(6)11-18(24)22-19-13(2)9-17(21)10-14(19)3/h7-10H,11H2,1-6H3,(H,22,24). The van der Waals surface area contributed by atoms with Gasteiger partial charge in [0.25, 0.3) is 0 Å². The third-order valence-electron chi connectivity index (χ3n) is 4.40. The van der Waals surface area contributed by atoms with Gasteiger partial charge in [-0.1, -0.05) is 33.6 Å². The van der Waals surface area contributed by atoms with Crippen LogP contribution in [0.25, 0.3) is 0 Å². The fraction of sp³-hybridized carbons (Fsp3) is 0.350. The summed E-state index contributed by atoms with van der Waals surface area (Å²) in [5.41, 5.74) is 4.89. The van der Waals surface area contributed by atoms with Crippen LogP contribution >= 0.6 is 15.9 Å². The van der Waals surface area contributed by atoms with Crippen molar-refractivity contribution >= 4 is 37.5 Å². The first-order valence-corrected chi connectivity index (χ1v) is 10.8. The Kier molecular flexibility index (Phi) is 6.50. The third-order valence-corrected chi connectivity index (χ3v) is 6.97. The first kappa shape index (κ1) is 21.6. The number of carbonyl (C=O) groups excluding carboxylic acids is 1. The monoisotopic (exact) mass is 452 g/mol. The minimum Gasteiger partial charge on any atom is -0.324 e. The molecule has 1 N–H and O–H groups in total. The van der Waals surface area contributed by atoms with Gasteiger partial charge in [0.05, 0.1) is 11.4 Å². The molecule has 2 aromatic carbocycles. The van der Waals surface area contributed by atoms with Crippen LogP contribution < -0.4 is 5.32 Å². The molecule has 27 heavy (non-hydrogen) atoms. The smallest absolute Gasteiger partial charge is 0.243 e. The highest BCUT2D eigenvalue weighted by molar-refractivity contribution is 9.10. The van der Waals surface area contributed by atoms with Gasteiger partial charge in [0.15, 0.2) is 0 Å². The molecule has 5 nitrogen and oxygen atoms in total. The van der Waals surface area contributed by atoms with Crippen LogP contribution in [0.2, 0.25) is 0 Å². The first-order valence-electron chi connectivity index (χ1n) is 8.54. The van der Waals surface area contributed by atoms with Crippen molar-refractivity contribution in [3.8, 4) is 0 Å². The van der Waals surface area contributed by atoms with Crippen LogP contribution in [-0.2, 0) is 14.8 Å². The lowest BCUT2D eigenvalue weighted by Crippen LogP contribution is -2.35. The van der Waals surface area contributed by atoms with E-state index in [2.05, 4.69) is 21.2 Å². The van der Waals surface area contributed by atoms with Crippen LogP contribution in [0.5, 0.6) is 0 Å². The molecule has 7 heteroatoms. The molecule has 0 spiro atoms. The summed E-state index contributed by atoms with van der Waals surface area (Å²) in [6.45, 7) is 9.00. The molecule has 0 atom stereocenters. The average molecular weight is 453 g/mol. The summed E-state index contributed by atoms with van der Waals surface area (Å²) < 4.78 is 28.0. The predicted octanol–water partition coefficient (Wildman–Crippen LogP) is 4.25. The van der Waals surface area contributed by atoms with Crippen LogP contribution in [0.3, 0.4) is 0 Å². The quantitative estimate of drug-likeness (QED) is 0.736. The zero-order chi connectivity index (χ0) is 20.5. The summed E-state index contributed by atoms with van der Waals surface area (Å²) in [4.78, 5) is 12.7. The lowest BCUT2D eigenvalue weighted by molar-refractivity contribution is -0.116. The highest BCUT2D eigenvalue weighted by atomic mass is 79.9. The van der Waals surface area contributed by atoms with Crippen molar-refractivity contribution in [2.24, 2.45) is 0 Å². The number of anilines is 1. The van der Waals surface area contributed by atoms with E-state index in [4.69, 9.17) is 0 Å². The van der Waals surface area contributed by atoms with E-state index < -0.39 is 10.0 Å². The molecule has 0 unspecified atom stereocenters. The van der Waals surface area contributed by atoms with E-state index in [0.29, 0.717) is 16.8 Å². The van der Waals surface area contributed by atoms with E-state index in [-0.39, 0.29) is 17.3 Å². The van der Waals surface area contributed by atoms with Crippen molar-refractivity contribution in [3.63, 3.8) is 0 Å². The number of amides is 1. The molecule has 2 aromatic rings. The molecule has 2 rings (SSSR count). The number of hydrogen-bond donors (Lipinski definition) is 1.